The van der Waals surface area contributed by atoms with Crippen molar-refractivity contribution in [3.63, 3.8) is 0 Å². The minimum absolute atomic E-state index is 0.0573. The number of carbonyl (C=O) groups excluding carboxylic acids is 2. The van der Waals surface area contributed by atoms with Crippen LogP contribution in [0.1, 0.15) is 6.42 Å². The molecule has 2 heterocycles. The highest BCUT2D eigenvalue weighted by molar-refractivity contribution is 9.10. The summed E-state index contributed by atoms with van der Waals surface area (Å²) in [4.78, 5) is 35.2. The molecule has 1 N–H and O–H groups in total. The molecule has 0 aliphatic carbocycles. The minimum Gasteiger partial charge on any atom is -0.323 e. The highest BCUT2D eigenvalue weighted by Crippen LogP contribution is 2.27. The highest BCUT2D eigenvalue weighted by atomic mass is 79.9. The van der Waals surface area contributed by atoms with E-state index in [9.17, 15) is 9.59 Å². The average molecular weight is 437 g/mol. The first-order valence-electron chi connectivity index (χ1n) is 8.84. The van der Waals surface area contributed by atoms with E-state index in [-0.39, 0.29) is 18.2 Å². The van der Waals surface area contributed by atoms with Crippen LogP contribution in [0.2, 0.25) is 0 Å². The van der Waals surface area contributed by atoms with Gasteiger partial charge in [-0.3, -0.25) is 9.59 Å². The van der Waals surface area contributed by atoms with Crippen LogP contribution in [0.4, 0.5) is 11.4 Å². The summed E-state index contributed by atoms with van der Waals surface area (Å²) in [6, 6.07) is 17.1. The molecule has 1 aromatic heterocycles. The van der Waals surface area contributed by atoms with Crippen molar-refractivity contribution in [1.29, 1.82) is 0 Å². The Balaban J connectivity index is 1.41. The van der Waals surface area contributed by atoms with Crippen molar-refractivity contribution in [2.24, 2.45) is 5.92 Å². The summed E-state index contributed by atoms with van der Waals surface area (Å²) in [7, 11) is 0. The van der Waals surface area contributed by atoms with E-state index in [1.54, 1.807) is 17.3 Å². The lowest BCUT2D eigenvalue weighted by molar-refractivity contribution is -0.122. The van der Waals surface area contributed by atoms with Gasteiger partial charge in [0.05, 0.1) is 24.0 Å². The van der Waals surface area contributed by atoms with E-state index in [1.807, 2.05) is 54.6 Å². The lowest BCUT2D eigenvalue weighted by Crippen LogP contribution is -2.28. The molecular formula is C21H17BrN4O2. The zero-order valence-electron chi connectivity index (χ0n) is 14.9. The molecule has 3 aromatic rings. The van der Waals surface area contributed by atoms with E-state index in [0.29, 0.717) is 18.1 Å². The van der Waals surface area contributed by atoms with Crippen LogP contribution in [0.5, 0.6) is 0 Å². The van der Waals surface area contributed by atoms with Crippen molar-refractivity contribution >= 4 is 39.1 Å². The van der Waals surface area contributed by atoms with Gasteiger partial charge in [-0.1, -0.05) is 46.3 Å². The topological polar surface area (TPSA) is 75.2 Å². The molecule has 0 saturated carbocycles. The summed E-state index contributed by atoms with van der Waals surface area (Å²) in [5, 5.41) is 2.81. The number of rotatable bonds is 4. The first-order valence-corrected chi connectivity index (χ1v) is 9.64. The van der Waals surface area contributed by atoms with Crippen molar-refractivity contribution in [2.75, 3.05) is 16.8 Å². The molecule has 6 nitrogen and oxygen atoms in total. The molecule has 0 radical (unpaired) electrons. The Bertz CT molecular complexity index is 991. The smallest absolute Gasteiger partial charge is 0.229 e. The van der Waals surface area contributed by atoms with Crippen molar-refractivity contribution in [1.82, 2.24) is 9.97 Å². The van der Waals surface area contributed by atoms with Crippen LogP contribution in [0.15, 0.2) is 71.5 Å². The summed E-state index contributed by atoms with van der Waals surface area (Å²) in [5.41, 5.74) is 2.21. The number of anilines is 2. The molecule has 1 unspecified atom stereocenters. The van der Waals surface area contributed by atoms with Gasteiger partial charge < -0.3 is 10.2 Å². The van der Waals surface area contributed by atoms with Gasteiger partial charge >= 0.3 is 0 Å². The maximum atomic E-state index is 12.6. The Labute approximate surface area is 170 Å². The number of aromatic nitrogens is 2. The lowest BCUT2D eigenvalue weighted by atomic mass is 10.1. The van der Waals surface area contributed by atoms with Gasteiger partial charge in [0.2, 0.25) is 11.8 Å². The van der Waals surface area contributed by atoms with Crippen LogP contribution in [0.25, 0.3) is 11.4 Å². The molecule has 4 rings (SSSR count). The number of benzene rings is 2. The zero-order chi connectivity index (χ0) is 19.5. The predicted molar refractivity (Wildman–Crippen MR) is 111 cm³/mol. The van der Waals surface area contributed by atoms with E-state index in [1.165, 1.54) is 0 Å². The van der Waals surface area contributed by atoms with Gasteiger partial charge in [-0.2, -0.15) is 0 Å². The Hall–Kier alpha value is -3.06. The van der Waals surface area contributed by atoms with E-state index in [4.69, 9.17) is 0 Å². The van der Waals surface area contributed by atoms with Gasteiger partial charge in [0.15, 0.2) is 5.82 Å². The Morgan fingerprint density at radius 1 is 1.04 bits per heavy atom. The maximum Gasteiger partial charge on any atom is 0.229 e. The third-order valence-electron chi connectivity index (χ3n) is 4.59. The predicted octanol–water partition coefficient (Wildman–Crippen LogP) is 3.90. The molecule has 1 aliphatic rings. The molecule has 2 aromatic carbocycles. The van der Waals surface area contributed by atoms with E-state index in [0.717, 1.165) is 15.7 Å². The standard InChI is InChI=1S/C21H17BrN4O2/c22-16-6-8-18(9-7-16)26-13-15(10-19(26)27)21(28)25-17-11-23-20(24-12-17)14-4-2-1-3-5-14/h1-9,11-12,15H,10,13H2,(H,25,28). The fourth-order valence-electron chi connectivity index (χ4n) is 3.13. The molecule has 28 heavy (non-hydrogen) atoms. The van der Waals surface area contributed by atoms with E-state index >= 15 is 0 Å². The Morgan fingerprint density at radius 2 is 1.71 bits per heavy atom. The van der Waals surface area contributed by atoms with Gasteiger partial charge in [0.1, 0.15) is 0 Å². The average Bonchev–Trinajstić information content (AvgIpc) is 3.12. The lowest BCUT2D eigenvalue weighted by Gasteiger charge is -2.16. The molecule has 1 aliphatic heterocycles. The van der Waals surface area contributed by atoms with E-state index < -0.39 is 5.92 Å². The third kappa shape index (κ3) is 3.94. The van der Waals surface area contributed by atoms with Crippen LogP contribution in [0.3, 0.4) is 0 Å². The van der Waals surface area contributed by atoms with Crippen molar-refractivity contribution in [2.45, 2.75) is 6.42 Å². The second kappa shape index (κ2) is 7.90. The molecule has 7 heteroatoms. The van der Waals surface area contributed by atoms with Gasteiger partial charge in [0, 0.05) is 28.7 Å². The molecule has 0 spiro atoms. The number of nitrogens with zero attached hydrogens (tertiary/aromatic N) is 3. The number of halogens is 1. The normalized spacial score (nSPS) is 16.2. The first-order chi connectivity index (χ1) is 13.6. The summed E-state index contributed by atoms with van der Waals surface area (Å²) < 4.78 is 0.941. The summed E-state index contributed by atoms with van der Waals surface area (Å²) in [5.74, 6) is -0.0804. The Kier molecular flexibility index (Phi) is 5.16. The molecule has 0 bridgehead atoms. The van der Waals surface area contributed by atoms with Crippen molar-refractivity contribution in [3.8, 4) is 11.4 Å². The molecule has 1 saturated heterocycles. The number of carbonyl (C=O) groups is 2. The van der Waals surface area contributed by atoms with Crippen LogP contribution in [-0.2, 0) is 9.59 Å². The second-order valence-electron chi connectivity index (χ2n) is 6.53. The van der Waals surface area contributed by atoms with Crippen LogP contribution < -0.4 is 10.2 Å². The van der Waals surface area contributed by atoms with Crippen LogP contribution >= 0.6 is 15.9 Å². The second-order valence-corrected chi connectivity index (χ2v) is 7.45. The largest absolute Gasteiger partial charge is 0.323 e. The summed E-state index contributed by atoms with van der Waals surface area (Å²) >= 11 is 3.38. The van der Waals surface area contributed by atoms with Gasteiger partial charge in [-0.05, 0) is 24.3 Å². The van der Waals surface area contributed by atoms with Gasteiger partial charge in [-0.25, -0.2) is 9.97 Å². The van der Waals surface area contributed by atoms with E-state index in [2.05, 4.69) is 31.2 Å². The quantitative estimate of drug-likeness (QED) is 0.672. The number of amides is 2. The summed E-state index contributed by atoms with van der Waals surface area (Å²) in [6.45, 7) is 0.356. The third-order valence-corrected chi connectivity index (χ3v) is 5.11. The maximum absolute atomic E-state index is 12.6. The molecule has 1 atom stereocenters. The number of hydrogen-bond acceptors (Lipinski definition) is 4. The van der Waals surface area contributed by atoms with Gasteiger partial charge in [0.25, 0.3) is 0 Å². The van der Waals surface area contributed by atoms with Gasteiger partial charge in [-0.15, -0.1) is 0 Å². The zero-order valence-corrected chi connectivity index (χ0v) is 16.5. The Morgan fingerprint density at radius 3 is 2.39 bits per heavy atom. The highest BCUT2D eigenvalue weighted by Gasteiger charge is 2.35. The molecular weight excluding hydrogens is 420 g/mol. The minimum atomic E-state index is -0.412. The fourth-order valence-corrected chi connectivity index (χ4v) is 3.39. The monoisotopic (exact) mass is 436 g/mol. The molecule has 1 fully saturated rings. The first kappa shape index (κ1) is 18.3. The van der Waals surface area contributed by atoms with Crippen molar-refractivity contribution in [3.05, 3.63) is 71.5 Å². The number of nitrogens with one attached hydrogen (secondary N) is 1. The van der Waals surface area contributed by atoms with Crippen LogP contribution in [-0.4, -0.2) is 28.3 Å². The molecule has 2 amide bonds. The SMILES string of the molecule is O=C(Nc1cnc(-c2ccccc2)nc1)C1CC(=O)N(c2ccc(Br)cc2)C1. The number of hydrogen-bond donors (Lipinski definition) is 1. The fraction of sp³-hybridized carbons (Fsp3) is 0.143. The molecule has 140 valence electrons. The van der Waals surface area contributed by atoms with Crippen molar-refractivity contribution < 1.29 is 9.59 Å². The summed E-state index contributed by atoms with van der Waals surface area (Å²) in [6.07, 6.45) is 3.35. The van der Waals surface area contributed by atoms with Crippen LogP contribution in [0, 0.1) is 5.92 Å².